The van der Waals surface area contributed by atoms with E-state index in [0.29, 0.717) is 18.7 Å². The van der Waals surface area contributed by atoms with Gasteiger partial charge in [-0.05, 0) is 6.92 Å². The zero-order chi connectivity index (χ0) is 13.2. The molecule has 4 N–H and O–H groups in total. The van der Waals surface area contributed by atoms with Crippen LogP contribution in [0.4, 0.5) is 5.13 Å². The summed E-state index contributed by atoms with van der Waals surface area (Å²) < 4.78 is 26.6. The molecule has 0 unspecified atom stereocenters. The number of nitrogens with two attached hydrogens (primary N) is 1. The first kappa shape index (κ1) is 13.0. The largest absolute Gasteiger partial charge is 0.375 e. The van der Waals surface area contributed by atoms with Crippen LogP contribution in [0.15, 0.2) is 16.7 Å². The SMILES string of the molecule is Cc1nc(N)sc1S(=O)(=O)NCCc1cnc[nH]1. The van der Waals surface area contributed by atoms with Crippen LogP contribution in [-0.2, 0) is 16.4 Å². The van der Waals surface area contributed by atoms with E-state index in [1.54, 1.807) is 19.4 Å². The lowest BCUT2D eigenvalue weighted by molar-refractivity contribution is 0.582. The van der Waals surface area contributed by atoms with Crippen molar-refractivity contribution in [2.24, 2.45) is 0 Å². The van der Waals surface area contributed by atoms with Crippen LogP contribution < -0.4 is 10.5 Å². The Kier molecular flexibility index (Phi) is 3.64. The maximum atomic E-state index is 12.0. The second kappa shape index (κ2) is 5.04. The van der Waals surface area contributed by atoms with Gasteiger partial charge in [-0.2, -0.15) is 0 Å². The van der Waals surface area contributed by atoms with Crippen molar-refractivity contribution in [1.29, 1.82) is 0 Å². The molecule has 0 radical (unpaired) electrons. The summed E-state index contributed by atoms with van der Waals surface area (Å²) in [5.74, 6) is 0. The first-order chi connectivity index (χ1) is 8.49. The van der Waals surface area contributed by atoms with Crippen molar-refractivity contribution < 1.29 is 8.42 Å². The van der Waals surface area contributed by atoms with Crippen LogP contribution in [0.2, 0.25) is 0 Å². The van der Waals surface area contributed by atoms with Crippen LogP contribution in [0.5, 0.6) is 0 Å². The summed E-state index contributed by atoms with van der Waals surface area (Å²) in [7, 11) is -3.53. The molecule has 7 nitrogen and oxygen atoms in total. The summed E-state index contributed by atoms with van der Waals surface area (Å²) in [6.07, 6.45) is 3.76. The Hall–Kier alpha value is -1.45. The van der Waals surface area contributed by atoms with Crippen LogP contribution in [0.3, 0.4) is 0 Å². The van der Waals surface area contributed by atoms with Gasteiger partial charge in [-0.1, -0.05) is 11.3 Å². The summed E-state index contributed by atoms with van der Waals surface area (Å²) in [6, 6.07) is 0. The van der Waals surface area contributed by atoms with Crippen LogP contribution >= 0.6 is 11.3 Å². The number of anilines is 1. The Morgan fingerprint density at radius 3 is 2.89 bits per heavy atom. The van der Waals surface area contributed by atoms with Gasteiger partial charge in [0.25, 0.3) is 10.0 Å². The summed E-state index contributed by atoms with van der Waals surface area (Å²) in [6.45, 7) is 1.91. The van der Waals surface area contributed by atoms with E-state index < -0.39 is 10.0 Å². The minimum atomic E-state index is -3.53. The van der Waals surface area contributed by atoms with Crippen molar-refractivity contribution in [2.75, 3.05) is 12.3 Å². The molecule has 2 aromatic rings. The number of hydrogen-bond acceptors (Lipinski definition) is 6. The molecule has 0 atom stereocenters. The average molecular weight is 287 g/mol. The van der Waals surface area contributed by atoms with Crippen molar-refractivity contribution >= 4 is 26.5 Å². The minimum Gasteiger partial charge on any atom is -0.375 e. The standard InChI is InChI=1S/C9H13N5O2S2/c1-6-8(17-9(10)14-6)18(15,16)13-3-2-7-4-11-5-12-7/h4-5,13H,2-3H2,1H3,(H2,10,14)(H,11,12). The topological polar surface area (TPSA) is 114 Å². The molecule has 2 aromatic heterocycles. The van der Waals surface area contributed by atoms with Crippen molar-refractivity contribution in [1.82, 2.24) is 19.7 Å². The molecule has 0 amide bonds. The fourth-order valence-electron chi connectivity index (χ4n) is 1.46. The molecule has 0 bridgehead atoms. The molecule has 98 valence electrons. The smallest absolute Gasteiger partial charge is 0.252 e. The van der Waals surface area contributed by atoms with E-state index in [0.717, 1.165) is 17.0 Å². The van der Waals surface area contributed by atoms with Gasteiger partial charge < -0.3 is 10.7 Å². The van der Waals surface area contributed by atoms with E-state index in [-0.39, 0.29) is 9.34 Å². The highest BCUT2D eigenvalue weighted by atomic mass is 32.2. The van der Waals surface area contributed by atoms with Crippen LogP contribution in [0.25, 0.3) is 0 Å². The number of nitrogens with one attached hydrogen (secondary N) is 2. The Bertz CT molecular complexity index is 617. The normalized spacial score (nSPS) is 11.8. The van der Waals surface area contributed by atoms with Crippen molar-refractivity contribution in [2.45, 2.75) is 17.6 Å². The fraction of sp³-hybridized carbons (Fsp3) is 0.333. The highest BCUT2D eigenvalue weighted by molar-refractivity contribution is 7.91. The van der Waals surface area contributed by atoms with Gasteiger partial charge in [-0.3, -0.25) is 0 Å². The highest BCUT2D eigenvalue weighted by Gasteiger charge is 2.20. The Labute approximate surface area is 109 Å². The van der Waals surface area contributed by atoms with Gasteiger partial charge in [0, 0.05) is 24.9 Å². The zero-order valence-electron chi connectivity index (χ0n) is 9.67. The zero-order valence-corrected chi connectivity index (χ0v) is 11.3. The fourth-order valence-corrected chi connectivity index (χ4v) is 3.83. The molecule has 0 aliphatic carbocycles. The Morgan fingerprint density at radius 2 is 2.33 bits per heavy atom. The van der Waals surface area contributed by atoms with Gasteiger partial charge in [0.15, 0.2) is 9.34 Å². The number of hydrogen-bond donors (Lipinski definition) is 3. The van der Waals surface area contributed by atoms with Crippen molar-refractivity contribution in [3.8, 4) is 0 Å². The predicted octanol–water partition coefficient (Wildman–Crippen LogP) is 0.278. The first-order valence-electron chi connectivity index (χ1n) is 5.19. The Balaban J connectivity index is 2.02. The van der Waals surface area contributed by atoms with E-state index in [9.17, 15) is 8.42 Å². The number of thiazole rings is 1. The van der Waals surface area contributed by atoms with E-state index >= 15 is 0 Å². The first-order valence-corrected chi connectivity index (χ1v) is 7.49. The number of sulfonamides is 1. The molecular weight excluding hydrogens is 274 g/mol. The van der Waals surface area contributed by atoms with E-state index in [1.165, 1.54) is 0 Å². The number of aromatic nitrogens is 3. The summed E-state index contributed by atoms with van der Waals surface area (Å²) in [4.78, 5) is 10.7. The van der Waals surface area contributed by atoms with E-state index in [2.05, 4.69) is 19.7 Å². The second-order valence-corrected chi connectivity index (χ2v) is 6.64. The molecule has 2 heterocycles. The minimum absolute atomic E-state index is 0.171. The monoisotopic (exact) mass is 287 g/mol. The molecule has 2 rings (SSSR count). The van der Waals surface area contributed by atoms with Gasteiger partial charge in [-0.25, -0.2) is 23.1 Å². The lowest BCUT2D eigenvalue weighted by Crippen LogP contribution is -2.25. The van der Waals surface area contributed by atoms with E-state index in [4.69, 9.17) is 5.73 Å². The number of nitrogen functional groups attached to an aromatic ring is 1. The number of aromatic amines is 1. The Morgan fingerprint density at radius 1 is 1.56 bits per heavy atom. The number of nitrogens with zero attached hydrogens (tertiary/aromatic N) is 2. The third-order valence-corrected chi connectivity index (χ3v) is 5.31. The molecule has 0 aromatic carbocycles. The molecular formula is C9H13N5O2S2. The number of aryl methyl sites for hydroxylation is 1. The van der Waals surface area contributed by atoms with Gasteiger partial charge in [0.05, 0.1) is 12.0 Å². The summed E-state index contributed by atoms with van der Waals surface area (Å²) >= 11 is 0.965. The molecule has 9 heteroatoms. The van der Waals surface area contributed by atoms with E-state index in [1.807, 2.05) is 0 Å². The van der Waals surface area contributed by atoms with Gasteiger partial charge in [0.2, 0.25) is 0 Å². The maximum Gasteiger partial charge on any atom is 0.252 e. The van der Waals surface area contributed by atoms with Gasteiger partial charge in [0.1, 0.15) is 0 Å². The summed E-state index contributed by atoms with van der Waals surface area (Å²) in [5.41, 5.74) is 6.78. The molecule has 0 spiro atoms. The third-order valence-electron chi connectivity index (χ3n) is 2.26. The lowest BCUT2D eigenvalue weighted by Gasteiger charge is -2.04. The van der Waals surface area contributed by atoms with Crippen molar-refractivity contribution in [3.63, 3.8) is 0 Å². The van der Waals surface area contributed by atoms with Gasteiger partial charge >= 0.3 is 0 Å². The molecule has 0 aliphatic heterocycles. The number of rotatable bonds is 5. The molecule has 0 saturated heterocycles. The highest BCUT2D eigenvalue weighted by Crippen LogP contribution is 2.24. The van der Waals surface area contributed by atoms with Crippen LogP contribution in [0, 0.1) is 6.92 Å². The molecule has 0 saturated carbocycles. The van der Waals surface area contributed by atoms with Crippen molar-refractivity contribution in [3.05, 3.63) is 23.9 Å². The number of imidazole rings is 1. The molecule has 0 aliphatic rings. The summed E-state index contributed by atoms with van der Waals surface area (Å²) in [5, 5.41) is 0.251. The predicted molar refractivity (Wildman–Crippen MR) is 68.7 cm³/mol. The number of H-pyrrole nitrogens is 1. The quantitative estimate of drug-likeness (QED) is 0.730. The molecule has 18 heavy (non-hydrogen) atoms. The maximum absolute atomic E-state index is 12.0. The third kappa shape index (κ3) is 2.86. The van der Waals surface area contributed by atoms with Crippen LogP contribution in [0.1, 0.15) is 11.4 Å². The average Bonchev–Trinajstić information content (AvgIpc) is 2.88. The second-order valence-electron chi connectivity index (χ2n) is 3.65. The van der Waals surface area contributed by atoms with Gasteiger partial charge in [-0.15, -0.1) is 0 Å². The molecule has 0 fully saturated rings. The van der Waals surface area contributed by atoms with Crippen LogP contribution in [-0.4, -0.2) is 29.9 Å². The lowest BCUT2D eigenvalue weighted by atomic mass is 10.3.